The quantitative estimate of drug-likeness (QED) is 0.834. The van der Waals surface area contributed by atoms with Crippen molar-refractivity contribution in [2.45, 2.75) is 18.9 Å². The molecule has 1 amide bonds. The number of anilines is 1. The first-order valence-corrected chi connectivity index (χ1v) is 6.10. The lowest BCUT2D eigenvalue weighted by molar-refractivity contribution is 0.0357. The first kappa shape index (κ1) is 13.7. The number of amides is 1. The lowest BCUT2D eigenvalue weighted by Gasteiger charge is -2.31. The molecule has 1 aromatic rings. The summed E-state index contributed by atoms with van der Waals surface area (Å²) in [6.45, 7) is 1.09. The van der Waals surface area contributed by atoms with Crippen LogP contribution in [0.5, 0.6) is 0 Å². The van der Waals surface area contributed by atoms with Gasteiger partial charge in [0.15, 0.2) is 5.82 Å². The fourth-order valence-electron chi connectivity index (χ4n) is 2.18. The van der Waals surface area contributed by atoms with Crippen LogP contribution in [0.15, 0.2) is 12.1 Å². The van der Waals surface area contributed by atoms with E-state index in [1.807, 2.05) is 0 Å². The number of hydrogen-bond donors (Lipinski definition) is 1. The van der Waals surface area contributed by atoms with Crippen LogP contribution in [0.1, 0.15) is 23.2 Å². The summed E-state index contributed by atoms with van der Waals surface area (Å²) in [7, 11) is 1.54. The van der Waals surface area contributed by atoms with Gasteiger partial charge >= 0.3 is 0 Å². The lowest BCUT2D eigenvalue weighted by Crippen LogP contribution is -2.41. The van der Waals surface area contributed by atoms with E-state index in [9.17, 15) is 13.6 Å². The maximum Gasteiger partial charge on any atom is 0.259 e. The van der Waals surface area contributed by atoms with Crippen LogP contribution < -0.4 is 5.73 Å². The van der Waals surface area contributed by atoms with Gasteiger partial charge in [-0.1, -0.05) is 0 Å². The molecule has 19 heavy (non-hydrogen) atoms. The number of carbonyl (C=O) groups is 1. The zero-order valence-electron chi connectivity index (χ0n) is 10.7. The van der Waals surface area contributed by atoms with Crippen LogP contribution in [0.4, 0.5) is 14.5 Å². The average molecular weight is 270 g/mol. The molecule has 0 aromatic heterocycles. The van der Waals surface area contributed by atoms with E-state index in [1.54, 1.807) is 7.05 Å². The van der Waals surface area contributed by atoms with Crippen LogP contribution in [-0.2, 0) is 4.74 Å². The van der Waals surface area contributed by atoms with Crippen molar-refractivity contribution in [1.29, 1.82) is 0 Å². The number of halogens is 2. The normalized spacial score (nSPS) is 16.4. The number of benzene rings is 1. The summed E-state index contributed by atoms with van der Waals surface area (Å²) in [5.74, 6) is -2.58. The largest absolute Gasteiger partial charge is 0.396 e. The molecule has 1 aromatic carbocycles. The van der Waals surface area contributed by atoms with Crippen molar-refractivity contribution in [3.05, 3.63) is 29.3 Å². The van der Waals surface area contributed by atoms with Gasteiger partial charge in [-0.15, -0.1) is 0 Å². The third kappa shape index (κ3) is 2.68. The first-order valence-electron chi connectivity index (χ1n) is 6.10. The van der Waals surface area contributed by atoms with E-state index >= 15 is 0 Å². The van der Waals surface area contributed by atoms with E-state index in [-0.39, 0.29) is 11.7 Å². The highest BCUT2D eigenvalue weighted by Gasteiger charge is 2.28. The summed E-state index contributed by atoms with van der Waals surface area (Å²) >= 11 is 0. The molecule has 104 valence electrons. The number of ether oxygens (including phenoxy) is 1. The summed E-state index contributed by atoms with van der Waals surface area (Å²) in [4.78, 5) is 13.6. The Morgan fingerprint density at radius 1 is 1.37 bits per heavy atom. The molecule has 0 saturated carbocycles. The Morgan fingerprint density at radius 3 is 2.63 bits per heavy atom. The van der Waals surface area contributed by atoms with Crippen molar-refractivity contribution in [3.63, 3.8) is 0 Å². The van der Waals surface area contributed by atoms with Gasteiger partial charge in [0, 0.05) is 26.3 Å². The van der Waals surface area contributed by atoms with Gasteiger partial charge in [0.05, 0.1) is 5.69 Å². The van der Waals surface area contributed by atoms with E-state index in [4.69, 9.17) is 10.5 Å². The van der Waals surface area contributed by atoms with Crippen LogP contribution in [-0.4, -0.2) is 37.1 Å². The molecule has 2 N–H and O–H groups in total. The Bertz CT molecular complexity index is 488. The third-order valence-corrected chi connectivity index (χ3v) is 3.39. The molecule has 4 nitrogen and oxygen atoms in total. The first-order chi connectivity index (χ1) is 9.02. The number of nitrogens with zero attached hydrogens (tertiary/aromatic N) is 1. The van der Waals surface area contributed by atoms with Gasteiger partial charge in [-0.05, 0) is 25.0 Å². The predicted molar refractivity (Wildman–Crippen MR) is 66.7 cm³/mol. The van der Waals surface area contributed by atoms with Crippen LogP contribution >= 0.6 is 0 Å². The van der Waals surface area contributed by atoms with Gasteiger partial charge in [-0.3, -0.25) is 4.79 Å². The lowest BCUT2D eigenvalue weighted by atomic mass is 10.1. The van der Waals surface area contributed by atoms with Crippen molar-refractivity contribution >= 4 is 11.6 Å². The zero-order valence-corrected chi connectivity index (χ0v) is 10.7. The number of hydrogen-bond acceptors (Lipinski definition) is 3. The molecule has 1 fully saturated rings. The van der Waals surface area contributed by atoms with E-state index in [0.29, 0.717) is 26.1 Å². The van der Waals surface area contributed by atoms with Gasteiger partial charge < -0.3 is 15.4 Å². The Labute approximate surface area is 110 Å². The second-order valence-corrected chi connectivity index (χ2v) is 4.59. The van der Waals surface area contributed by atoms with Gasteiger partial charge in [0.2, 0.25) is 0 Å². The van der Waals surface area contributed by atoms with Gasteiger partial charge in [-0.25, -0.2) is 8.78 Å². The van der Waals surface area contributed by atoms with E-state index in [2.05, 4.69) is 0 Å². The topological polar surface area (TPSA) is 55.6 Å². The van der Waals surface area contributed by atoms with Gasteiger partial charge in [-0.2, -0.15) is 0 Å². The summed E-state index contributed by atoms with van der Waals surface area (Å²) in [5, 5.41) is 0. The van der Waals surface area contributed by atoms with Crippen molar-refractivity contribution in [3.8, 4) is 0 Å². The molecule has 0 bridgehead atoms. The molecule has 1 aliphatic rings. The highest BCUT2D eigenvalue weighted by atomic mass is 19.1. The van der Waals surface area contributed by atoms with Crippen LogP contribution in [0.3, 0.4) is 0 Å². The Kier molecular flexibility index (Phi) is 3.99. The number of rotatable bonds is 2. The van der Waals surface area contributed by atoms with Gasteiger partial charge in [0.25, 0.3) is 5.91 Å². The van der Waals surface area contributed by atoms with E-state index in [0.717, 1.165) is 12.1 Å². The molecule has 0 unspecified atom stereocenters. The van der Waals surface area contributed by atoms with Gasteiger partial charge in [0.1, 0.15) is 11.4 Å². The zero-order chi connectivity index (χ0) is 14.0. The average Bonchev–Trinajstić information content (AvgIpc) is 2.43. The molecular weight excluding hydrogens is 254 g/mol. The molecule has 1 aliphatic heterocycles. The Hall–Kier alpha value is -1.69. The molecule has 1 heterocycles. The minimum absolute atomic E-state index is 0.0681. The molecule has 6 heteroatoms. The smallest absolute Gasteiger partial charge is 0.259 e. The summed E-state index contributed by atoms with van der Waals surface area (Å²) in [6.07, 6.45) is 1.32. The summed E-state index contributed by atoms with van der Waals surface area (Å²) < 4.78 is 32.6. The second-order valence-electron chi connectivity index (χ2n) is 4.59. The third-order valence-electron chi connectivity index (χ3n) is 3.39. The molecule has 0 atom stereocenters. The monoisotopic (exact) mass is 270 g/mol. The van der Waals surface area contributed by atoms with Crippen LogP contribution in [0.2, 0.25) is 0 Å². The second kappa shape index (κ2) is 5.52. The van der Waals surface area contributed by atoms with Crippen molar-refractivity contribution in [1.82, 2.24) is 4.90 Å². The fraction of sp³-hybridized carbons (Fsp3) is 0.462. The minimum Gasteiger partial charge on any atom is -0.396 e. The summed E-state index contributed by atoms with van der Waals surface area (Å²) in [6, 6.07) is 2.04. The Balaban J connectivity index is 2.26. The molecular formula is C13H16F2N2O2. The SMILES string of the molecule is CN(C(=O)c1c(F)ccc(N)c1F)C1CCOCC1. The van der Waals surface area contributed by atoms with Crippen LogP contribution in [0, 0.1) is 11.6 Å². The number of nitrogens with two attached hydrogens (primary N) is 1. The standard InChI is InChI=1S/C13H16F2N2O2/c1-17(8-4-6-19-7-5-8)13(18)11-9(14)2-3-10(16)12(11)15/h2-3,8H,4-7,16H2,1H3. The number of nitrogen functional groups attached to an aromatic ring is 1. The highest BCUT2D eigenvalue weighted by molar-refractivity contribution is 5.95. The number of carbonyl (C=O) groups excluding carboxylic acids is 1. The fourth-order valence-corrected chi connectivity index (χ4v) is 2.18. The predicted octanol–water partition coefficient (Wildman–Crippen LogP) is 1.80. The Morgan fingerprint density at radius 2 is 2.00 bits per heavy atom. The minimum atomic E-state index is -0.996. The van der Waals surface area contributed by atoms with Crippen LogP contribution in [0.25, 0.3) is 0 Å². The molecule has 1 saturated heterocycles. The van der Waals surface area contributed by atoms with Crippen molar-refractivity contribution in [2.75, 3.05) is 26.0 Å². The molecule has 0 spiro atoms. The van der Waals surface area contributed by atoms with Crippen molar-refractivity contribution in [2.24, 2.45) is 0 Å². The molecule has 0 aliphatic carbocycles. The van der Waals surface area contributed by atoms with E-state index in [1.165, 1.54) is 4.90 Å². The maximum absolute atomic E-state index is 13.8. The maximum atomic E-state index is 13.8. The molecule has 2 rings (SSSR count). The van der Waals surface area contributed by atoms with Crippen molar-refractivity contribution < 1.29 is 18.3 Å². The van der Waals surface area contributed by atoms with E-state index < -0.39 is 23.1 Å². The molecule has 0 radical (unpaired) electrons. The summed E-state index contributed by atoms with van der Waals surface area (Å²) in [5.41, 5.74) is 4.55. The highest BCUT2D eigenvalue weighted by Crippen LogP contribution is 2.22.